The molecular formula is C16H19FN2O2. The summed E-state index contributed by atoms with van der Waals surface area (Å²) in [5.41, 5.74) is 0.909. The van der Waals surface area contributed by atoms with Crippen LogP contribution in [0.25, 0.3) is 0 Å². The largest absolute Gasteiger partial charge is 0.339 e. The predicted molar refractivity (Wildman–Crippen MR) is 76.3 cm³/mol. The number of hydrogen-bond donors (Lipinski definition) is 0. The Kier molecular flexibility index (Phi) is 3.66. The Morgan fingerprint density at radius 2 is 1.71 bits per heavy atom. The monoisotopic (exact) mass is 290 g/mol. The van der Waals surface area contributed by atoms with Crippen molar-refractivity contribution in [2.24, 2.45) is 5.92 Å². The van der Waals surface area contributed by atoms with Crippen molar-refractivity contribution in [1.29, 1.82) is 0 Å². The lowest BCUT2D eigenvalue weighted by Crippen LogP contribution is -2.51. The van der Waals surface area contributed by atoms with Gasteiger partial charge < -0.3 is 9.80 Å². The predicted octanol–water partition coefficient (Wildman–Crippen LogP) is 1.83. The molecule has 1 aromatic carbocycles. The molecule has 0 unspecified atom stereocenters. The second-order valence-electron chi connectivity index (χ2n) is 5.88. The molecule has 2 aliphatic rings. The van der Waals surface area contributed by atoms with Gasteiger partial charge in [0.1, 0.15) is 5.82 Å². The van der Waals surface area contributed by atoms with Crippen LogP contribution < -0.4 is 0 Å². The summed E-state index contributed by atoms with van der Waals surface area (Å²) in [4.78, 5) is 27.8. The third-order valence-electron chi connectivity index (χ3n) is 4.16. The molecule has 1 aliphatic carbocycles. The minimum atomic E-state index is -0.475. The van der Waals surface area contributed by atoms with Crippen LogP contribution in [0.2, 0.25) is 0 Å². The van der Waals surface area contributed by atoms with Gasteiger partial charge in [-0.25, -0.2) is 4.39 Å². The lowest BCUT2D eigenvalue weighted by Gasteiger charge is -2.35. The Balaban J connectivity index is 1.63. The highest BCUT2D eigenvalue weighted by Gasteiger charge is 2.35. The van der Waals surface area contributed by atoms with E-state index in [0.717, 1.165) is 18.4 Å². The molecule has 0 spiro atoms. The molecule has 3 rings (SSSR count). The van der Waals surface area contributed by atoms with Crippen molar-refractivity contribution >= 4 is 11.8 Å². The topological polar surface area (TPSA) is 40.6 Å². The first-order valence-electron chi connectivity index (χ1n) is 7.40. The molecule has 1 saturated carbocycles. The minimum absolute atomic E-state index is 0.113. The molecular weight excluding hydrogens is 271 g/mol. The van der Waals surface area contributed by atoms with E-state index in [-0.39, 0.29) is 23.3 Å². The van der Waals surface area contributed by atoms with E-state index in [4.69, 9.17) is 0 Å². The maximum Gasteiger partial charge on any atom is 0.256 e. The minimum Gasteiger partial charge on any atom is -0.339 e. The summed E-state index contributed by atoms with van der Waals surface area (Å²) in [5.74, 6) is -0.340. The summed E-state index contributed by atoms with van der Waals surface area (Å²) in [5, 5.41) is 0. The molecule has 5 heteroatoms. The van der Waals surface area contributed by atoms with Crippen molar-refractivity contribution in [3.63, 3.8) is 0 Å². The maximum absolute atomic E-state index is 13.9. The first kappa shape index (κ1) is 14.0. The molecule has 112 valence electrons. The van der Waals surface area contributed by atoms with Crippen molar-refractivity contribution in [2.75, 3.05) is 26.2 Å². The molecule has 0 N–H and O–H groups in total. The van der Waals surface area contributed by atoms with Gasteiger partial charge in [-0.05, 0) is 37.5 Å². The number of amides is 2. The lowest BCUT2D eigenvalue weighted by molar-refractivity contribution is -0.134. The van der Waals surface area contributed by atoms with E-state index in [2.05, 4.69) is 0 Å². The second kappa shape index (κ2) is 5.47. The molecule has 0 atom stereocenters. The fourth-order valence-corrected chi connectivity index (χ4v) is 2.68. The van der Waals surface area contributed by atoms with Crippen LogP contribution in [0.5, 0.6) is 0 Å². The third kappa shape index (κ3) is 2.91. The molecule has 1 aliphatic heterocycles. The molecule has 1 heterocycles. The number of halogens is 1. The highest BCUT2D eigenvalue weighted by molar-refractivity contribution is 5.94. The summed E-state index contributed by atoms with van der Waals surface area (Å²) in [6, 6.07) is 4.65. The molecule has 1 saturated heterocycles. The summed E-state index contributed by atoms with van der Waals surface area (Å²) < 4.78 is 13.9. The quantitative estimate of drug-likeness (QED) is 0.834. The van der Waals surface area contributed by atoms with Crippen molar-refractivity contribution in [1.82, 2.24) is 9.80 Å². The number of carbonyl (C=O) groups excluding carboxylic acids is 2. The Morgan fingerprint density at radius 1 is 1.10 bits per heavy atom. The summed E-state index contributed by atoms with van der Waals surface area (Å²) in [7, 11) is 0. The number of hydrogen-bond acceptors (Lipinski definition) is 2. The van der Waals surface area contributed by atoms with Gasteiger partial charge in [0.15, 0.2) is 0 Å². The van der Waals surface area contributed by atoms with Gasteiger partial charge in [-0.2, -0.15) is 0 Å². The van der Waals surface area contributed by atoms with Crippen LogP contribution in [0, 0.1) is 18.7 Å². The Hall–Kier alpha value is -1.91. The van der Waals surface area contributed by atoms with E-state index >= 15 is 0 Å². The van der Waals surface area contributed by atoms with Gasteiger partial charge in [-0.15, -0.1) is 0 Å². The number of rotatable bonds is 2. The van der Waals surface area contributed by atoms with Crippen LogP contribution in [0.4, 0.5) is 4.39 Å². The maximum atomic E-state index is 13.9. The molecule has 21 heavy (non-hydrogen) atoms. The van der Waals surface area contributed by atoms with Gasteiger partial charge in [-0.3, -0.25) is 9.59 Å². The lowest BCUT2D eigenvalue weighted by atomic mass is 10.1. The SMILES string of the molecule is Cc1ccc(C(=O)N2CCN(C(=O)C3CC3)CC2)c(F)c1. The Morgan fingerprint density at radius 3 is 2.29 bits per heavy atom. The zero-order valence-corrected chi connectivity index (χ0v) is 12.1. The van der Waals surface area contributed by atoms with E-state index in [1.54, 1.807) is 17.9 Å². The van der Waals surface area contributed by atoms with Crippen molar-refractivity contribution in [2.45, 2.75) is 19.8 Å². The second-order valence-corrected chi connectivity index (χ2v) is 5.88. The van der Waals surface area contributed by atoms with E-state index in [0.29, 0.717) is 26.2 Å². The number of benzene rings is 1. The van der Waals surface area contributed by atoms with Crippen molar-refractivity contribution in [3.05, 3.63) is 35.1 Å². The molecule has 0 radical (unpaired) electrons. The van der Waals surface area contributed by atoms with E-state index < -0.39 is 5.82 Å². The third-order valence-corrected chi connectivity index (χ3v) is 4.16. The zero-order chi connectivity index (χ0) is 15.0. The average molecular weight is 290 g/mol. The van der Waals surface area contributed by atoms with Crippen LogP contribution >= 0.6 is 0 Å². The van der Waals surface area contributed by atoms with Gasteiger partial charge in [0.05, 0.1) is 5.56 Å². The first-order chi connectivity index (χ1) is 10.1. The highest BCUT2D eigenvalue weighted by Crippen LogP contribution is 2.31. The Labute approximate surface area is 123 Å². The fourth-order valence-electron chi connectivity index (χ4n) is 2.68. The van der Waals surface area contributed by atoms with Gasteiger partial charge in [0.2, 0.25) is 5.91 Å². The van der Waals surface area contributed by atoms with Crippen LogP contribution in [0.3, 0.4) is 0 Å². The van der Waals surface area contributed by atoms with Gasteiger partial charge in [0, 0.05) is 32.1 Å². The number of nitrogens with zero attached hydrogens (tertiary/aromatic N) is 2. The molecule has 2 amide bonds. The summed E-state index contributed by atoms with van der Waals surface area (Å²) in [6.07, 6.45) is 1.99. The smallest absolute Gasteiger partial charge is 0.256 e. The number of aryl methyl sites for hydroxylation is 1. The van der Waals surface area contributed by atoms with Crippen LogP contribution in [-0.4, -0.2) is 47.8 Å². The molecule has 0 bridgehead atoms. The van der Waals surface area contributed by atoms with Crippen LogP contribution in [0.1, 0.15) is 28.8 Å². The normalized spacial score (nSPS) is 18.8. The summed E-state index contributed by atoms with van der Waals surface area (Å²) >= 11 is 0. The molecule has 2 fully saturated rings. The van der Waals surface area contributed by atoms with Crippen LogP contribution in [-0.2, 0) is 4.79 Å². The molecule has 1 aromatic rings. The van der Waals surface area contributed by atoms with E-state index in [1.165, 1.54) is 12.1 Å². The Bertz CT molecular complexity index is 576. The standard InChI is InChI=1S/C16H19FN2O2/c1-11-2-5-13(14(17)10-11)16(21)19-8-6-18(7-9-19)15(20)12-3-4-12/h2,5,10,12H,3-4,6-9H2,1H3. The summed E-state index contributed by atoms with van der Waals surface area (Å²) in [6.45, 7) is 3.85. The fraction of sp³-hybridized carbons (Fsp3) is 0.500. The highest BCUT2D eigenvalue weighted by atomic mass is 19.1. The van der Waals surface area contributed by atoms with E-state index in [9.17, 15) is 14.0 Å². The molecule has 0 aromatic heterocycles. The van der Waals surface area contributed by atoms with Gasteiger partial charge >= 0.3 is 0 Å². The van der Waals surface area contributed by atoms with Gasteiger partial charge in [-0.1, -0.05) is 6.07 Å². The first-order valence-corrected chi connectivity index (χ1v) is 7.40. The zero-order valence-electron chi connectivity index (χ0n) is 12.1. The van der Waals surface area contributed by atoms with Gasteiger partial charge in [0.25, 0.3) is 5.91 Å². The van der Waals surface area contributed by atoms with Crippen LogP contribution in [0.15, 0.2) is 18.2 Å². The average Bonchev–Trinajstić information content (AvgIpc) is 3.31. The number of carbonyl (C=O) groups is 2. The molecule has 4 nitrogen and oxygen atoms in total. The van der Waals surface area contributed by atoms with Crippen molar-refractivity contribution < 1.29 is 14.0 Å². The van der Waals surface area contributed by atoms with Crippen molar-refractivity contribution in [3.8, 4) is 0 Å². The number of piperazine rings is 1. The van der Waals surface area contributed by atoms with E-state index in [1.807, 2.05) is 4.90 Å².